The molecule has 2 heterocycles. The van der Waals surface area contributed by atoms with E-state index < -0.39 is 49.2 Å². The number of amides is 3. The van der Waals surface area contributed by atoms with Crippen molar-refractivity contribution in [3.05, 3.63) is 137 Å². The molecule has 87 heavy (non-hydrogen) atoms. The number of hydrogen-bond acceptors (Lipinski definition) is 17. The van der Waals surface area contributed by atoms with E-state index in [0.29, 0.717) is 82.1 Å². The van der Waals surface area contributed by atoms with Gasteiger partial charge in [-0.25, -0.2) is 4.39 Å². The first-order valence-electron chi connectivity index (χ1n) is 29.0. The molecular weight excluding hydrogens is 1150 g/mol. The van der Waals surface area contributed by atoms with Crippen molar-refractivity contribution >= 4 is 55.2 Å². The molecule has 4 aromatic carbocycles. The quantitative estimate of drug-likeness (QED) is 0.0111. The van der Waals surface area contributed by atoms with Crippen LogP contribution in [0.4, 0.5) is 4.39 Å². The molecule has 3 amide bonds. The average Bonchev–Trinajstić information content (AvgIpc) is 2.57. The average molecular weight is 1230 g/mol. The maximum Gasteiger partial charge on any atom is 0.346 e. The van der Waals surface area contributed by atoms with E-state index in [1.54, 1.807) is 31.7 Å². The number of nitrogens with zero attached hydrogens (tertiary/aromatic N) is 8. The third-order valence-electron chi connectivity index (χ3n) is 14.8. The second-order valence-corrected chi connectivity index (χ2v) is 23.4. The molecule has 3 atom stereocenters. The van der Waals surface area contributed by atoms with Crippen LogP contribution in [0.2, 0.25) is 0 Å². The highest BCUT2D eigenvalue weighted by Gasteiger charge is 2.40. The third-order valence-corrected chi connectivity index (χ3v) is 15.9. The zero-order chi connectivity index (χ0) is 62.6. The van der Waals surface area contributed by atoms with Crippen LogP contribution in [-0.4, -0.2) is 225 Å². The fourth-order valence-corrected chi connectivity index (χ4v) is 11.1. The van der Waals surface area contributed by atoms with Gasteiger partial charge in [-0.15, -0.1) is 0 Å². The SMILES string of the molecule is N/N=C(\C=N[C@H]1C[C@@H](C(=O)NCCCCCCNC(=O)CN2CCN(CC(=O)O)CCN(CC(=O)O)CCN(CC(=O)O)CC2)N(C(=O)CN(Cc2ccccc2)Cc2ccccc2)C1)COc1ccc(C(NCc2ccc(F)cc2)P(=O)(O)O)cc1. The highest BCUT2D eigenvalue weighted by atomic mass is 31.2. The fraction of sp³-hybridized carbons (Fsp3) is 0.467. The van der Waals surface area contributed by atoms with Gasteiger partial charge in [0.2, 0.25) is 17.7 Å². The number of benzene rings is 4. The van der Waals surface area contributed by atoms with Crippen LogP contribution in [0.5, 0.6) is 5.75 Å². The van der Waals surface area contributed by atoms with Gasteiger partial charge in [0.15, 0.2) is 0 Å². The van der Waals surface area contributed by atoms with Gasteiger partial charge in [0.1, 0.15) is 35.7 Å². The molecule has 25 nitrogen and oxygen atoms in total. The molecule has 0 bridgehead atoms. The van der Waals surface area contributed by atoms with E-state index in [9.17, 15) is 62.8 Å². The lowest BCUT2D eigenvalue weighted by Crippen LogP contribution is -2.49. The summed E-state index contributed by atoms with van der Waals surface area (Å²) < 4.78 is 31.8. The maximum atomic E-state index is 14.5. The number of carboxylic acid groups (broad SMARTS) is 3. The monoisotopic (exact) mass is 1230 g/mol. The van der Waals surface area contributed by atoms with Gasteiger partial charge in [-0.1, -0.05) is 97.8 Å². The van der Waals surface area contributed by atoms with Crippen molar-refractivity contribution in [2.45, 2.75) is 69.6 Å². The van der Waals surface area contributed by atoms with Crippen molar-refractivity contribution in [1.82, 2.24) is 45.3 Å². The number of carbonyl (C=O) groups is 6. The van der Waals surface area contributed by atoms with E-state index in [1.165, 1.54) is 42.6 Å². The van der Waals surface area contributed by atoms with Gasteiger partial charge in [0.25, 0.3) is 0 Å². The van der Waals surface area contributed by atoms with Crippen LogP contribution in [0.15, 0.2) is 119 Å². The Hall–Kier alpha value is -7.52. The number of nitrogens with two attached hydrogens (primary N) is 1. The molecule has 27 heteroatoms. The number of aliphatic carboxylic acids is 3. The molecule has 0 aromatic heterocycles. The number of carbonyl (C=O) groups excluding carboxylic acids is 3. The van der Waals surface area contributed by atoms with Gasteiger partial charge in [-0.3, -0.25) is 68.1 Å². The number of hydrogen-bond donors (Lipinski definition) is 9. The van der Waals surface area contributed by atoms with Crippen LogP contribution < -0.4 is 26.5 Å². The van der Waals surface area contributed by atoms with E-state index in [0.717, 1.165) is 24.0 Å². The Morgan fingerprint density at radius 3 is 1.64 bits per heavy atom. The van der Waals surface area contributed by atoms with E-state index in [-0.39, 0.29) is 108 Å². The molecule has 4 aromatic rings. The highest BCUT2D eigenvalue weighted by Crippen LogP contribution is 2.50. The van der Waals surface area contributed by atoms with Crippen molar-refractivity contribution in [2.24, 2.45) is 15.9 Å². The molecule has 2 aliphatic heterocycles. The zero-order valence-electron chi connectivity index (χ0n) is 48.9. The number of aliphatic imine (C=N–C) groups is 1. The Morgan fingerprint density at radius 2 is 1.16 bits per heavy atom. The standard InChI is InChI=1S/C60H82FN12O13P/c61-49-19-15-45(16-20-49)34-66-60(87(83,84)85)48-17-21-52(22-18-48)86-44-51(67-62)35-65-50-33-53(73(38-50)55(75)40-72(36-46-11-5-3-6-12-46)37-47-13-7-4-8-14-47)59(82)64-24-10-2-1-9-23-63-54(74)39-68-25-27-69(41-56(76)77)29-31-71(43-58(80)81)32-30-70(28-26-68)42-57(78)79/h3-8,11-22,35,50,53,60,66H,1-2,9-10,23-34,36-44,62H2,(H,63,74)(H,64,82)(H,76,77)(H,78,79)(H,80,81)(H2,83,84,85)/b65-35?,67-51+/t50-,53-,60?/m0/s1. The fourth-order valence-electron chi connectivity index (χ4n) is 10.2. The summed E-state index contributed by atoms with van der Waals surface area (Å²) in [4.78, 5) is 112. The van der Waals surface area contributed by atoms with Crippen molar-refractivity contribution in [3.8, 4) is 5.75 Å². The molecule has 0 saturated carbocycles. The first kappa shape index (κ1) is 68.6. The predicted molar refractivity (Wildman–Crippen MR) is 324 cm³/mol. The number of hydrazone groups is 1. The Labute approximate surface area is 506 Å². The van der Waals surface area contributed by atoms with E-state index >= 15 is 0 Å². The lowest BCUT2D eigenvalue weighted by molar-refractivity contribution is -0.140. The Bertz CT molecular complexity index is 2860. The third kappa shape index (κ3) is 25.4. The summed E-state index contributed by atoms with van der Waals surface area (Å²) in [5.41, 5.74) is 3.21. The van der Waals surface area contributed by atoms with Crippen LogP contribution in [0.25, 0.3) is 0 Å². The minimum absolute atomic E-state index is 0.00543. The van der Waals surface area contributed by atoms with Crippen molar-refractivity contribution in [2.75, 3.05) is 111 Å². The summed E-state index contributed by atoms with van der Waals surface area (Å²) >= 11 is 0. The van der Waals surface area contributed by atoms with Gasteiger partial charge in [-0.2, -0.15) is 5.10 Å². The van der Waals surface area contributed by atoms with Crippen molar-refractivity contribution < 1.29 is 67.6 Å². The lowest BCUT2D eigenvalue weighted by atomic mass is 10.1. The maximum absolute atomic E-state index is 14.5. The molecule has 2 saturated heterocycles. The van der Waals surface area contributed by atoms with Crippen LogP contribution >= 0.6 is 7.60 Å². The highest BCUT2D eigenvalue weighted by molar-refractivity contribution is 7.52. The van der Waals surface area contributed by atoms with Gasteiger partial charge in [-0.05, 0) is 59.4 Å². The molecule has 2 aliphatic rings. The van der Waals surface area contributed by atoms with Crippen LogP contribution in [-0.2, 0) is 53.0 Å². The summed E-state index contributed by atoms with van der Waals surface area (Å²) in [6.45, 7) is 3.30. The second-order valence-electron chi connectivity index (χ2n) is 21.7. The van der Waals surface area contributed by atoms with Crippen molar-refractivity contribution in [3.63, 3.8) is 0 Å². The first-order valence-corrected chi connectivity index (χ1v) is 30.7. The summed E-state index contributed by atoms with van der Waals surface area (Å²) in [6, 6.07) is 30.0. The molecule has 0 aliphatic carbocycles. The normalized spacial score (nSPS) is 17.6. The Morgan fingerprint density at radius 1 is 0.667 bits per heavy atom. The predicted octanol–water partition coefficient (Wildman–Crippen LogP) is 2.50. The largest absolute Gasteiger partial charge is 0.487 e. The number of rotatable bonds is 32. The number of nitrogens with one attached hydrogen (secondary N) is 3. The molecule has 6 rings (SSSR count). The summed E-state index contributed by atoms with van der Waals surface area (Å²) in [6.07, 6.45) is 4.42. The first-order chi connectivity index (χ1) is 41.8. The van der Waals surface area contributed by atoms with E-state index in [4.69, 9.17) is 15.6 Å². The molecule has 1 unspecified atom stereocenters. The zero-order valence-corrected chi connectivity index (χ0v) is 49.8. The summed E-state index contributed by atoms with van der Waals surface area (Å²) in [5.74, 6) is 0.424. The van der Waals surface area contributed by atoms with Gasteiger partial charge < -0.3 is 51.2 Å². The number of halogens is 1. The molecule has 10 N–H and O–H groups in total. The van der Waals surface area contributed by atoms with Crippen molar-refractivity contribution in [1.29, 1.82) is 0 Å². The summed E-state index contributed by atoms with van der Waals surface area (Å²) in [5, 5.41) is 41.2. The number of carboxylic acids is 3. The van der Waals surface area contributed by atoms with E-state index in [2.05, 4.69) is 21.1 Å². The molecule has 2 fully saturated rings. The molecule has 0 spiro atoms. The minimum atomic E-state index is -4.68. The second kappa shape index (κ2) is 35.9. The van der Waals surface area contributed by atoms with Crippen LogP contribution in [0.1, 0.15) is 60.1 Å². The number of likely N-dealkylation sites (tertiary alicyclic amines) is 1. The molecule has 472 valence electrons. The lowest BCUT2D eigenvalue weighted by Gasteiger charge is -2.32. The van der Waals surface area contributed by atoms with Gasteiger partial charge in [0.05, 0.1) is 38.8 Å². The van der Waals surface area contributed by atoms with Crippen LogP contribution in [0.3, 0.4) is 0 Å². The molecule has 0 radical (unpaired) electrons. The van der Waals surface area contributed by atoms with Gasteiger partial charge >= 0.3 is 25.5 Å². The Balaban J connectivity index is 1.02. The number of unbranched alkanes of at least 4 members (excludes halogenated alkanes) is 3. The topological polar surface area (TPSA) is 336 Å². The smallest absolute Gasteiger partial charge is 0.346 e. The summed E-state index contributed by atoms with van der Waals surface area (Å²) in [7, 11) is -4.68. The van der Waals surface area contributed by atoms with Gasteiger partial charge in [0, 0.05) is 104 Å². The Kier molecular flexibility index (Phi) is 28.3. The number of ether oxygens (including phenoxy) is 1. The molecular formula is C60H82FN12O13P. The van der Waals surface area contributed by atoms with Crippen LogP contribution in [0, 0.1) is 5.82 Å². The van der Waals surface area contributed by atoms with E-state index in [1.807, 2.05) is 70.5 Å². The minimum Gasteiger partial charge on any atom is -0.487 e.